The van der Waals surface area contributed by atoms with Gasteiger partial charge in [-0.15, -0.1) is 11.8 Å². The van der Waals surface area contributed by atoms with Gasteiger partial charge in [0.05, 0.1) is 6.42 Å². The van der Waals surface area contributed by atoms with E-state index < -0.39 is 5.97 Å². The van der Waals surface area contributed by atoms with E-state index in [9.17, 15) is 9.59 Å². The number of carbonyl (C=O) groups excluding carboxylic acids is 1. The summed E-state index contributed by atoms with van der Waals surface area (Å²) in [5.74, 6) is -1.03. The van der Waals surface area contributed by atoms with Gasteiger partial charge >= 0.3 is 5.97 Å². The molecule has 0 aliphatic rings. The van der Waals surface area contributed by atoms with Crippen molar-refractivity contribution in [1.82, 2.24) is 0 Å². The zero-order chi connectivity index (χ0) is 13.7. The van der Waals surface area contributed by atoms with Crippen LogP contribution in [0.3, 0.4) is 0 Å². The molecule has 1 aromatic rings. The van der Waals surface area contributed by atoms with Crippen LogP contribution in [0.1, 0.15) is 42.6 Å². The van der Waals surface area contributed by atoms with Crippen molar-refractivity contribution in [3.63, 3.8) is 0 Å². The second-order valence-electron chi connectivity index (χ2n) is 4.48. The number of ketones is 1. The molecule has 0 aliphatic heterocycles. The van der Waals surface area contributed by atoms with Crippen LogP contribution in [0.4, 0.5) is 0 Å². The Kier molecular flexibility index (Phi) is 5.41. The minimum atomic E-state index is -0.936. The topological polar surface area (TPSA) is 54.4 Å². The number of aryl methyl sites for hydroxylation is 1. The third-order valence-electron chi connectivity index (χ3n) is 2.36. The summed E-state index contributed by atoms with van der Waals surface area (Å²) >= 11 is 1.63. The van der Waals surface area contributed by atoms with Crippen molar-refractivity contribution < 1.29 is 14.7 Å². The highest BCUT2D eigenvalue weighted by Crippen LogP contribution is 2.28. The van der Waals surface area contributed by atoms with Crippen molar-refractivity contribution >= 4 is 23.5 Å². The fourth-order valence-electron chi connectivity index (χ4n) is 1.57. The van der Waals surface area contributed by atoms with E-state index in [1.54, 1.807) is 11.8 Å². The molecule has 0 radical (unpaired) electrons. The molecule has 0 aliphatic carbocycles. The number of hydrogen-bond donors (Lipinski definition) is 1. The van der Waals surface area contributed by atoms with E-state index >= 15 is 0 Å². The molecule has 98 valence electrons. The van der Waals surface area contributed by atoms with Gasteiger partial charge in [-0.3, -0.25) is 9.59 Å². The first-order valence-corrected chi connectivity index (χ1v) is 6.80. The van der Waals surface area contributed by atoms with Gasteiger partial charge in [-0.25, -0.2) is 0 Å². The zero-order valence-corrected chi connectivity index (χ0v) is 11.7. The van der Waals surface area contributed by atoms with Crippen molar-refractivity contribution in [2.24, 2.45) is 0 Å². The van der Waals surface area contributed by atoms with Crippen molar-refractivity contribution in [3.8, 4) is 0 Å². The molecule has 0 spiro atoms. The Balaban J connectivity index is 2.93. The Morgan fingerprint density at radius 3 is 2.50 bits per heavy atom. The number of rotatable bonds is 6. The molecular weight excluding hydrogens is 248 g/mol. The summed E-state index contributed by atoms with van der Waals surface area (Å²) in [4.78, 5) is 23.5. The lowest BCUT2D eigenvalue weighted by Gasteiger charge is -2.11. The van der Waals surface area contributed by atoms with Crippen molar-refractivity contribution in [2.45, 2.75) is 43.8 Å². The van der Waals surface area contributed by atoms with Crippen LogP contribution in [0.25, 0.3) is 0 Å². The molecule has 4 heteroatoms. The number of thioether (sulfide) groups is 1. The first kappa shape index (κ1) is 14.8. The van der Waals surface area contributed by atoms with Crippen LogP contribution in [-0.4, -0.2) is 22.1 Å². The number of hydrogen-bond acceptors (Lipinski definition) is 3. The van der Waals surface area contributed by atoms with Gasteiger partial charge in [-0.2, -0.15) is 0 Å². The molecule has 1 aromatic carbocycles. The molecular formula is C14H18O3S. The number of carbonyl (C=O) groups is 2. The Hall–Kier alpha value is -1.29. The first-order chi connectivity index (χ1) is 8.40. The molecule has 0 heterocycles. The predicted octanol–water partition coefficient (Wildman–Crippen LogP) is 3.54. The number of aliphatic carboxylic acids is 1. The second kappa shape index (κ2) is 6.59. The average molecular weight is 266 g/mol. The van der Waals surface area contributed by atoms with Gasteiger partial charge < -0.3 is 5.11 Å². The largest absolute Gasteiger partial charge is 0.481 e. The fraction of sp³-hybridized carbons (Fsp3) is 0.429. The summed E-state index contributed by atoms with van der Waals surface area (Å²) in [6.07, 6.45) is -0.0526. The molecule has 1 rings (SSSR count). The highest BCUT2D eigenvalue weighted by molar-refractivity contribution is 8.00. The number of carboxylic acid groups (broad SMARTS) is 1. The van der Waals surface area contributed by atoms with Crippen LogP contribution < -0.4 is 0 Å². The minimum Gasteiger partial charge on any atom is -0.481 e. The molecule has 0 aromatic heterocycles. The number of benzene rings is 1. The van der Waals surface area contributed by atoms with Gasteiger partial charge in [0.15, 0.2) is 5.78 Å². The highest BCUT2D eigenvalue weighted by atomic mass is 32.2. The summed E-state index contributed by atoms with van der Waals surface area (Å²) in [6.45, 7) is 6.06. The quantitative estimate of drug-likeness (QED) is 0.632. The van der Waals surface area contributed by atoms with E-state index in [1.165, 1.54) is 0 Å². The van der Waals surface area contributed by atoms with Crippen LogP contribution >= 0.6 is 11.8 Å². The minimum absolute atomic E-state index is 0.0600. The summed E-state index contributed by atoms with van der Waals surface area (Å²) in [7, 11) is 0. The van der Waals surface area contributed by atoms with E-state index in [-0.39, 0.29) is 18.6 Å². The number of carboxylic acids is 1. The standard InChI is InChI=1S/C14H18O3S/c1-9(2)18-13-6-4-10(3)8-11(13)12(15)5-7-14(16)17/h4,6,8-9H,5,7H2,1-3H3,(H,16,17). The Morgan fingerprint density at radius 1 is 1.28 bits per heavy atom. The first-order valence-electron chi connectivity index (χ1n) is 5.92. The summed E-state index contributed by atoms with van der Waals surface area (Å²) in [6, 6.07) is 5.75. The zero-order valence-electron chi connectivity index (χ0n) is 10.9. The molecule has 1 N–H and O–H groups in total. The molecule has 0 unspecified atom stereocenters. The lowest BCUT2D eigenvalue weighted by Crippen LogP contribution is -2.06. The highest BCUT2D eigenvalue weighted by Gasteiger charge is 2.14. The molecule has 0 amide bonds. The normalized spacial score (nSPS) is 10.7. The second-order valence-corrected chi connectivity index (χ2v) is 6.10. The van der Waals surface area contributed by atoms with E-state index in [2.05, 4.69) is 13.8 Å². The van der Waals surface area contributed by atoms with E-state index in [0.29, 0.717) is 10.8 Å². The van der Waals surface area contributed by atoms with Crippen LogP contribution in [0.2, 0.25) is 0 Å². The van der Waals surface area contributed by atoms with Gasteiger partial charge in [-0.1, -0.05) is 25.5 Å². The molecule has 0 atom stereocenters. The summed E-state index contributed by atoms with van der Waals surface area (Å²) in [5.41, 5.74) is 1.66. The van der Waals surface area contributed by atoms with E-state index in [1.807, 2.05) is 25.1 Å². The molecule has 3 nitrogen and oxygen atoms in total. The SMILES string of the molecule is Cc1ccc(SC(C)C)c(C(=O)CCC(=O)O)c1. The third kappa shape index (κ3) is 4.53. The number of Topliss-reactive ketones (excluding diaryl/α,β-unsaturated/α-hetero) is 1. The summed E-state index contributed by atoms with van der Waals surface area (Å²) < 4.78 is 0. The average Bonchev–Trinajstić information content (AvgIpc) is 2.27. The van der Waals surface area contributed by atoms with Crippen molar-refractivity contribution in [1.29, 1.82) is 0 Å². The Labute approximate surface area is 112 Å². The van der Waals surface area contributed by atoms with Crippen molar-refractivity contribution in [3.05, 3.63) is 29.3 Å². The maximum Gasteiger partial charge on any atom is 0.303 e. The third-order valence-corrected chi connectivity index (χ3v) is 3.45. The lowest BCUT2D eigenvalue weighted by molar-refractivity contribution is -0.136. The molecule has 18 heavy (non-hydrogen) atoms. The van der Waals surface area contributed by atoms with Crippen LogP contribution in [0, 0.1) is 6.92 Å². The predicted molar refractivity (Wildman–Crippen MR) is 73.4 cm³/mol. The monoisotopic (exact) mass is 266 g/mol. The summed E-state index contributed by atoms with van der Waals surface area (Å²) in [5, 5.41) is 9.01. The van der Waals surface area contributed by atoms with Gasteiger partial charge in [0.25, 0.3) is 0 Å². The molecule has 0 saturated heterocycles. The maximum atomic E-state index is 12.0. The molecule has 0 bridgehead atoms. The maximum absolute atomic E-state index is 12.0. The van der Waals surface area contributed by atoms with Crippen LogP contribution in [0.15, 0.2) is 23.1 Å². The molecule has 0 saturated carbocycles. The fourth-order valence-corrected chi connectivity index (χ4v) is 2.53. The smallest absolute Gasteiger partial charge is 0.303 e. The van der Waals surface area contributed by atoms with E-state index in [0.717, 1.165) is 10.5 Å². The van der Waals surface area contributed by atoms with Crippen LogP contribution in [-0.2, 0) is 4.79 Å². The van der Waals surface area contributed by atoms with Gasteiger partial charge in [0, 0.05) is 22.1 Å². The van der Waals surface area contributed by atoms with Gasteiger partial charge in [-0.05, 0) is 19.1 Å². The Bertz CT molecular complexity index is 452. The van der Waals surface area contributed by atoms with Crippen LogP contribution in [0.5, 0.6) is 0 Å². The van der Waals surface area contributed by atoms with Crippen molar-refractivity contribution in [2.75, 3.05) is 0 Å². The van der Waals surface area contributed by atoms with E-state index in [4.69, 9.17) is 5.11 Å². The molecule has 0 fully saturated rings. The van der Waals surface area contributed by atoms with Gasteiger partial charge in [0.1, 0.15) is 0 Å². The van der Waals surface area contributed by atoms with Gasteiger partial charge in [0.2, 0.25) is 0 Å². The Morgan fingerprint density at radius 2 is 1.94 bits per heavy atom. The lowest BCUT2D eigenvalue weighted by atomic mass is 10.0.